The summed E-state index contributed by atoms with van der Waals surface area (Å²) in [4.78, 5) is 119. The quantitative estimate of drug-likeness (QED) is 0.0629. The first-order valence-electron chi connectivity index (χ1n) is 21.5. The van der Waals surface area contributed by atoms with Gasteiger partial charge in [-0.15, -0.1) is 5.06 Å². The molecule has 17 nitrogen and oxygen atoms in total. The van der Waals surface area contributed by atoms with Gasteiger partial charge in [-0.25, -0.2) is 14.4 Å². The number of hydrogen-bond donors (Lipinski definition) is 4. The topological polar surface area (TPSA) is 241 Å². The molecule has 0 radical (unpaired) electrons. The van der Waals surface area contributed by atoms with E-state index in [4.69, 9.17) is 15.3 Å². The number of nitrogens with one attached hydrogen (secondary N) is 3. The van der Waals surface area contributed by atoms with Crippen molar-refractivity contribution in [2.75, 3.05) is 18.9 Å². The summed E-state index contributed by atoms with van der Waals surface area (Å²) in [5.41, 5.74) is 6.29. The molecule has 340 valence electrons. The van der Waals surface area contributed by atoms with Crippen LogP contribution in [0.1, 0.15) is 131 Å². The third kappa shape index (κ3) is 18.4. The molecule has 61 heavy (non-hydrogen) atoms. The molecule has 17 heteroatoms. The number of imide groups is 1. The number of hydrogen-bond acceptors (Lipinski definition) is 11. The summed E-state index contributed by atoms with van der Waals surface area (Å²) in [5.74, 6) is -3.52. The summed E-state index contributed by atoms with van der Waals surface area (Å²) < 4.78 is 5.54. The van der Waals surface area contributed by atoms with E-state index in [2.05, 4.69) is 29.8 Å². The zero-order valence-electron chi connectivity index (χ0n) is 37.2. The zero-order valence-corrected chi connectivity index (χ0v) is 37.2. The Bertz CT molecular complexity index is 1660. The number of Topliss-reactive ketones (excluding diaryl/α,β-unsaturated/α-hetero) is 2. The van der Waals surface area contributed by atoms with Crippen LogP contribution >= 0.6 is 0 Å². The first-order valence-corrected chi connectivity index (χ1v) is 21.5. The second-order valence-electron chi connectivity index (χ2n) is 17.0. The number of anilines is 1. The molecule has 1 aromatic rings. The molecule has 1 aliphatic heterocycles. The Morgan fingerprint density at radius 2 is 1.38 bits per heavy atom. The molecule has 1 aromatic carbocycles. The number of nitrogens with zero attached hydrogens (tertiary/aromatic N) is 2. The SMILES string of the molecule is CC(C)[C@H](NC(=O)CCCCCCC(=O)ON1C(=O)CCC1=O)C(=O)C[C@@H](CCCNC(N)=O)C(=O)Nc1ccc(COC(=O)N(C)[C@H](C(=O)C[C@H](C)C(C)C)C(C)C)cc1. The highest BCUT2D eigenvalue weighted by Crippen LogP contribution is 2.23. The summed E-state index contributed by atoms with van der Waals surface area (Å²) in [6, 6.07) is 4.49. The second-order valence-corrected chi connectivity index (χ2v) is 17.0. The van der Waals surface area contributed by atoms with Gasteiger partial charge in [-0.05, 0) is 67.1 Å². The molecule has 1 saturated heterocycles. The van der Waals surface area contributed by atoms with Gasteiger partial charge in [0.1, 0.15) is 6.61 Å². The molecule has 0 spiro atoms. The Kier molecular flexibility index (Phi) is 22.1. The van der Waals surface area contributed by atoms with Gasteiger partial charge < -0.3 is 36.2 Å². The average molecular weight is 857 g/mol. The smallest absolute Gasteiger partial charge is 0.410 e. The molecule has 7 amide bonds. The molecule has 0 aliphatic carbocycles. The third-order valence-electron chi connectivity index (χ3n) is 10.8. The van der Waals surface area contributed by atoms with E-state index in [9.17, 15) is 43.2 Å². The molecule has 0 unspecified atom stereocenters. The number of amides is 7. The first-order chi connectivity index (χ1) is 28.7. The minimum Gasteiger partial charge on any atom is -0.445 e. The predicted molar refractivity (Wildman–Crippen MR) is 227 cm³/mol. The Balaban J connectivity index is 1.94. The number of ether oxygens (including phenoxy) is 1. The highest BCUT2D eigenvalue weighted by molar-refractivity contribution is 6.01. The van der Waals surface area contributed by atoms with E-state index in [0.29, 0.717) is 60.8 Å². The largest absolute Gasteiger partial charge is 0.445 e. The van der Waals surface area contributed by atoms with E-state index in [1.165, 1.54) is 4.90 Å². The van der Waals surface area contributed by atoms with E-state index >= 15 is 0 Å². The van der Waals surface area contributed by atoms with Gasteiger partial charge in [0.2, 0.25) is 11.8 Å². The summed E-state index contributed by atoms with van der Waals surface area (Å²) in [7, 11) is 1.56. The van der Waals surface area contributed by atoms with Gasteiger partial charge in [0.05, 0.1) is 12.1 Å². The maximum Gasteiger partial charge on any atom is 0.410 e. The lowest BCUT2D eigenvalue weighted by Gasteiger charge is -2.30. The standard InChI is InChI=1S/C44H68N6O11/c1-27(2)30(7)24-35(52)41(29(5)6)49(8)44(59)60-26-31-17-19-33(20-18-31)47-42(57)32(14-13-23-46-43(45)58)25-34(51)40(28(3)4)48-36(53)15-11-9-10-12-16-39(56)61-50-37(54)21-22-38(50)55/h17-20,27-30,32,40-41H,9-16,21-26H2,1-8H3,(H,47,57)(H,48,53)(H3,45,46,58)/t30-,32+,40-,41-/m0/s1. The van der Waals surface area contributed by atoms with Gasteiger partial charge in [0.15, 0.2) is 11.6 Å². The van der Waals surface area contributed by atoms with Crippen molar-refractivity contribution >= 4 is 59.0 Å². The fourth-order valence-electron chi connectivity index (χ4n) is 6.83. The molecule has 0 bridgehead atoms. The zero-order chi connectivity index (χ0) is 45.8. The molecular formula is C44H68N6O11. The highest BCUT2D eigenvalue weighted by Gasteiger charge is 2.34. The highest BCUT2D eigenvalue weighted by atomic mass is 16.7. The number of carbonyl (C=O) groups excluding carboxylic acids is 9. The Hall–Kier alpha value is -5.35. The van der Waals surface area contributed by atoms with Crippen LogP contribution in [-0.4, -0.2) is 88.9 Å². The predicted octanol–water partition coefficient (Wildman–Crippen LogP) is 5.58. The fourth-order valence-corrected chi connectivity index (χ4v) is 6.83. The van der Waals surface area contributed by atoms with Crippen LogP contribution in [0.25, 0.3) is 0 Å². The van der Waals surface area contributed by atoms with Crippen LogP contribution < -0.4 is 21.7 Å². The van der Waals surface area contributed by atoms with Gasteiger partial charge in [-0.3, -0.25) is 28.8 Å². The molecule has 4 atom stereocenters. The van der Waals surface area contributed by atoms with Gasteiger partial charge in [-0.2, -0.15) is 0 Å². The van der Waals surface area contributed by atoms with Crippen molar-refractivity contribution < 1.29 is 52.7 Å². The van der Waals surface area contributed by atoms with Gasteiger partial charge >= 0.3 is 18.1 Å². The fraction of sp³-hybridized carbons (Fsp3) is 0.659. The van der Waals surface area contributed by atoms with Gasteiger partial charge in [0.25, 0.3) is 11.8 Å². The van der Waals surface area contributed by atoms with Crippen molar-refractivity contribution in [2.45, 2.75) is 144 Å². The number of carbonyl (C=O) groups is 9. The lowest BCUT2D eigenvalue weighted by Crippen LogP contribution is -2.46. The van der Waals surface area contributed by atoms with E-state index in [0.717, 1.165) is 0 Å². The Morgan fingerprint density at radius 3 is 1.93 bits per heavy atom. The summed E-state index contributed by atoms with van der Waals surface area (Å²) >= 11 is 0. The van der Waals surface area contributed by atoms with Crippen molar-refractivity contribution in [3.63, 3.8) is 0 Å². The number of nitrogens with two attached hydrogens (primary N) is 1. The van der Waals surface area contributed by atoms with Gasteiger partial charge in [-0.1, -0.05) is 73.4 Å². The molecule has 0 saturated carbocycles. The molecule has 5 N–H and O–H groups in total. The van der Waals surface area contributed by atoms with Crippen LogP contribution in [0.2, 0.25) is 0 Å². The minimum atomic E-state index is -0.851. The number of urea groups is 1. The molecular weight excluding hydrogens is 789 g/mol. The average Bonchev–Trinajstić information content (AvgIpc) is 3.50. The number of ketones is 2. The van der Waals surface area contributed by atoms with Crippen molar-refractivity contribution in [3.8, 4) is 0 Å². The number of rotatable bonds is 27. The number of hydroxylamine groups is 2. The van der Waals surface area contributed by atoms with Crippen LogP contribution in [0.4, 0.5) is 15.3 Å². The van der Waals surface area contributed by atoms with E-state index < -0.39 is 53.8 Å². The Morgan fingerprint density at radius 1 is 0.770 bits per heavy atom. The number of likely N-dealkylation sites (N-methyl/N-ethyl adjacent to an activating group) is 1. The lowest BCUT2D eigenvalue weighted by atomic mass is 9.87. The van der Waals surface area contributed by atoms with E-state index in [-0.39, 0.29) is 86.9 Å². The molecule has 1 heterocycles. The monoisotopic (exact) mass is 856 g/mol. The van der Waals surface area contributed by atoms with Crippen molar-refractivity contribution in [1.29, 1.82) is 0 Å². The third-order valence-corrected chi connectivity index (χ3v) is 10.8. The molecule has 1 aliphatic rings. The van der Waals surface area contributed by atoms with Crippen molar-refractivity contribution in [2.24, 2.45) is 35.3 Å². The minimum absolute atomic E-state index is 0.0112. The van der Waals surface area contributed by atoms with Crippen LogP contribution in [0, 0.1) is 29.6 Å². The Labute approximate surface area is 359 Å². The van der Waals surface area contributed by atoms with Crippen molar-refractivity contribution in [1.82, 2.24) is 20.6 Å². The second kappa shape index (κ2) is 26.1. The van der Waals surface area contributed by atoms with E-state index in [1.807, 2.05) is 20.8 Å². The summed E-state index contributed by atoms with van der Waals surface area (Å²) in [5, 5.41) is 8.67. The number of primary amides is 1. The molecule has 2 rings (SSSR count). The van der Waals surface area contributed by atoms with Crippen LogP contribution in [-0.2, 0) is 49.7 Å². The van der Waals surface area contributed by atoms with Crippen LogP contribution in [0.3, 0.4) is 0 Å². The summed E-state index contributed by atoms with van der Waals surface area (Å²) in [6.45, 7) is 13.7. The molecule has 0 aromatic heterocycles. The summed E-state index contributed by atoms with van der Waals surface area (Å²) in [6.07, 6.45) is 2.53. The lowest BCUT2D eigenvalue weighted by molar-refractivity contribution is -0.197. The molecule has 1 fully saturated rings. The first kappa shape index (κ1) is 51.8. The van der Waals surface area contributed by atoms with Crippen LogP contribution in [0.5, 0.6) is 0 Å². The van der Waals surface area contributed by atoms with E-state index in [1.54, 1.807) is 45.2 Å². The van der Waals surface area contributed by atoms with Crippen LogP contribution in [0.15, 0.2) is 24.3 Å². The number of unbranched alkanes of at least 4 members (excludes halogenated alkanes) is 3. The maximum absolute atomic E-state index is 13.6. The number of benzene rings is 1. The van der Waals surface area contributed by atoms with Gasteiger partial charge in [0, 0.05) is 63.7 Å². The normalized spacial score (nSPS) is 14.6. The van der Waals surface area contributed by atoms with Crippen molar-refractivity contribution in [3.05, 3.63) is 29.8 Å². The maximum atomic E-state index is 13.6.